The lowest BCUT2D eigenvalue weighted by Crippen LogP contribution is -2.19. The summed E-state index contributed by atoms with van der Waals surface area (Å²) < 4.78 is 6.21. The lowest BCUT2D eigenvalue weighted by atomic mass is 10.2. The monoisotopic (exact) mass is 364 g/mol. The van der Waals surface area contributed by atoms with E-state index >= 15 is 0 Å². The van der Waals surface area contributed by atoms with Crippen LogP contribution >= 0.6 is 11.8 Å². The van der Waals surface area contributed by atoms with Crippen LogP contribution in [0.4, 0.5) is 5.69 Å². The minimum atomic E-state index is -0.524. The van der Waals surface area contributed by atoms with E-state index in [1.165, 1.54) is 11.7 Å². The number of H-pyrrole nitrogens is 1. The second kappa shape index (κ2) is 9.07. The molecule has 0 atom stereocenters. The fourth-order valence-corrected chi connectivity index (χ4v) is 2.90. The topological polar surface area (TPSA) is 106 Å². The zero-order valence-corrected chi connectivity index (χ0v) is 14.9. The van der Waals surface area contributed by atoms with Gasteiger partial charge in [-0.1, -0.05) is 37.2 Å². The van der Waals surface area contributed by atoms with Gasteiger partial charge in [0.05, 0.1) is 24.1 Å². The second-order valence-electron chi connectivity index (χ2n) is 5.19. The number of hydrogen-bond donors (Lipinski definition) is 2. The number of benzene rings is 1. The molecule has 0 saturated carbocycles. The maximum atomic E-state index is 12.2. The molecule has 1 heterocycles. The SMILES string of the molecule is CCCCn1c(SCC(=O)Nc2ccccc2C(=O)OC)n[nH]c1=O. The molecule has 0 aliphatic heterocycles. The molecule has 0 spiro atoms. The normalized spacial score (nSPS) is 10.5. The highest BCUT2D eigenvalue weighted by atomic mass is 32.2. The van der Waals surface area contributed by atoms with Gasteiger partial charge in [-0.05, 0) is 18.6 Å². The van der Waals surface area contributed by atoms with Gasteiger partial charge in [0.2, 0.25) is 5.91 Å². The minimum absolute atomic E-state index is 0.0614. The quantitative estimate of drug-likeness (QED) is 0.547. The molecular formula is C16H20N4O4S. The van der Waals surface area contributed by atoms with Gasteiger partial charge in [-0.25, -0.2) is 14.7 Å². The van der Waals surface area contributed by atoms with E-state index in [9.17, 15) is 14.4 Å². The first-order chi connectivity index (χ1) is 12.1. The van der Waals surface area contributed by atoms with E-state index in [1.807, 2.05) is 6.92 Å². The van der Waals surface area contributed by atoms with Crippen molar-refractivity contribution < 1.29 is 14.3 Å². The van der Waals surface area contributed by atoms with Gasteiger partial charge in [-0.15, -0.1) is 5.10 Å². The molecule has 134 valence electrons. The number of hydrogen-bond acceptors (Lipinski definition) is 6. The van der Waals surface area contributed by atoms with Crippen molar-refractivity contribution >= 4 is 29.3 Å². The summed E-state index contributed by atoms with van der Waals surface area (Å²) in [6.45, 7) is 2.59. The van der Waals surface area contributed by atoms with Crippen LogP contribution in [0, 0.1) is 0 Å². The van der Waals surface area contributed by atoms with Crippen molar-refractivity contribution in [3.8, 4) is 0 Å². The number of carbonyl (C=O) groups is 2. The molecule has 0 aliphatic rings. The fourth-order valence-electron chi connectivity index (χ4n) is 2.12. The van der Waals surface area contributed by atoms with E-state index in [2.05, 4.69) is 15.5 Å². The number of thioether (sulfide) groups is 1. The molecule has 9 heteroatoms. The lowest BCUT2D eigenvalue weighted by molar-refractivity contribution is -0.113. The van der Waals surface area contributed by atoms with Crippen LogP contribution in [-0.4, -0.2) is 39.5 Å². The number of amides is 1. The first kappa shape index (κ1) is 18.8. The highest BCUT2D eigenvalue weighted by Gasteiger charge is 2.15. The Bertz CT molecular complexity index is 799. The van der Waals surface area contributed by atoms with Crippen molar-refractivity contribution in [1.82, 2.24) is 14.8 Å². The van der Waals surface area contributed by atoms with Crippen LogP contribution in [0.25, 0.3) is 0 Å². The molecule has 0 bridgehead atoms. The van der Waals surface area contributed by atoms with Gasteiger partial charge < -0.3 is 10.1 Å². The van der Waals surface area contributed by atoms with E-state index in [0.29, 0.717) is 17.4 Å². The Morgan fingerprint density at radius 3 is 2.84 bits per heavy atom. The van der Waals surface area contributed by atoms with Crippen LogP contribution in [0.2, 0.25) is 0 Å². The summed E-state index contributed by atoms with van der Waals surface area (Å²) in [6, 6.07) is 6.60. The van der Waals surface area contributed by atoms with Gasteiger partial charge in [-0.2, -0.15) is 0 Å². The Balaban J connectivity index is 2.01. The molecule has 1 amide bonds. The summed E-state index contributed by atoms with van der Waals surface area (Å²) >= 11 is 1.16. The Kier molecular flexibility index (Phi) is 6.81. The number of carbonyl (C=O) groups excluding carboxylic acids is 2. The fraction of sp³-hybridized carbons (Fsp3) is 0.375. The number of para-hydroxylation sites is 1. The zero-order chi connectivity index (χ0) is 18.2. The molecule has 2 N–H and O–H groups in total. The number of esters is 1. The standard InChI is InChI=1S/C16H20N4O4S/c1-3-4-9-20-15(23)18-19-16(20)25-10-13(21)17-12-8-6-5-7-11(12)14(22)24-2/h5-8H,3-4,9-10H2,1-2H3,(H,17,21)(H,18,23). The predicted octanol–water partition coefficient (Wildman–Crippen LogP) is 1.89. The third-order valence-corrected chi connectivity index (χ3v) is 4.37. The number of ether oxygens (including phenoxy) is 1. The van der Waals surface area contributed by atoms with Crippen LogP contribution in [0.15, 0.2) is 34.2 Å². The summed E-state index contributed by atoms with van der Waals surface area (Å²) in [4.78, 5) is 35.6. The first-order valence-electron chi connectivity index (χ1n) is 7.82. The van der Waals surface area contributed by atoms with Gasteiger partial charge in [0.15, 0.2) is 5.16 Å². The highest BCUT2D eigenvalue weighted by Crippen LogP contribution is 2.18. The summed E-state index contributed by atoms with van der Waals surface area (Å²) in [5.74, 6) is -0.769. The minimum Gasteiger partial charge on any atom is -0.465 e. The third-order valence-electron chi connectivity index (χ3n) is 3.40. The molecule has 8 nitrogen and oxygen atoms in total. The first-order valence-corrected chi connectivity index (χ1v) is 8.80. The molecular weight excluding hydrogens is 344 g/mol. The second-order valence-corrected chi connectivity index (χ2v) is 6.13. The molecule has 0 radical (unpaired) electrons. The smallest absolute Gasteiger partial charge is 0.343 e. The highest BCUT2D eigenvalue weighted by molar-refractivity contribution is 7.99. The largest absolute Gasteiger partial charge is 0.465 e. The molecule has 0 unspecified atom stereocenters. The number of aromatic nitrogens is 3. The summed E-state index contributed by atoms with van der Waals surface area (Å²) in [7, 11) is 1.28. The van der Waals surface area contributed by atoms with Crippen molar-refractivity contribution in [3.05, 3.63) is 40.3 Å². The molecule has 0 fully saturated rings. The average molecular weight is 364 g/mol. The summed E-state index contributed by atoms with van der Waals surface area (Å²) in [5.41, 5.74) is 0.376. The van der Waals surface area contributed by atoms with Crippen LogP contribution in [0.3, 0.4) is 0 Å². The zero-order valence-electron chi connectivity index (χ0n) is 14.1. The maximum absolute atomic E-state index is 12.2. The number of anilines is 1. The maximum Gasteiger partial charge on any atom is 0.343 e. The van der Waals surface area contributed by atoms with E-state index in [-0.39, 0.29) is 22.9 Å². The molecule has 2 aromatic rings. The molecule has 25 heavy (non-hydrogen) atoms. The molecule has 1 aromatic carbocycles. The van der Waals surface area contributed by atoms with Crippen molar-refractivity contribution in [2.45, 2.75) is 31.5 Å². The predicted molar refractivity (Wildman–Crippen MR) is 94.9 cm³/mol. The van der Waals surface area contributed by atoms with Gasteiger partial charge >= 0.3 is 11.7 Å². The van der Waals surface area contributed by atoms with Crippen LogP contribution in [0.5, 0.6) is 0 Å². The van der Waals surface area contributed by atoms with Crippen LogP contribution in [-0.2, 0) is 16.1 Å². The summed E-state index contributed by atoms with van der Waals surface area (Å²) in [5, 5.41) is 9.48. The van der Waals surface area contributed by atoms with Crippen molar-refractivity contribution in [2.24, 2.45) is 0 Å². The van der Waals surface area contributed by atoms with Gasteiger partial charge in [0.25, 0.3) is 0 Å². The number of rotatable bonds is 8. The number of nitrogens with zero attached hydrogens (tertiary/aromatic N) is 2. The van der Waals surface area contributed by atoms with Gasteiger partial charge in [0.1, 0.15) is 0 Å². The number of unbranched alkanes of at least 4 members (excludes halogenated alkanes) is 1. The van der Waals surface area contributed by atoms with Crippen LogP contribution in [0.1, 0.15) is 30.1 Å². The summed E-state index contributed by atoms with van der Waals surface area (Å²) in [6.07, 6.45) is 1.80. The van der Waals surface area contributed by atoms with E-state index < -0.39 is 5.97 Å². The third kappa shape index (κ3) is 4.96. The Morgan fingerprint density at radius 2 is 2.12 bits per heavy atom. The van der Waals surface area contributed by atoms with Crippen LogP contribution < -0.4 is 11.0 Å². The Morgan fingerprint density at radius 1 is 1.36 bits per heavy atom. The van der Waals surface area contributed by atoms with Crippen molar-refractivity contribution in [2.75, 3.05) is 18.2 Å². The van der Waals surface area contributed by atoms with Crippen molar-refractivity contribution in [3.63, 3.8) is 0 Å². The van der Waals surface area contributed by atoms with Gasteiger partial charge in [-0.3, -0.25) is 9.36 Å². The lowest BCUT2D eigenvalue weighted by Gasteiger charge is -2.09. The molecule has 2 rings (SSSR count). The van der Waals surface area contributed by atoms with Gasteiger partial charge in [0, 0.05) is 6.54 Å². The number of nitrogens with one attached hydrogen (secondary N) is 2. The Hall–Kier alpha value is -2.55. The van der Waals surface area contributed by atoms with E-state index in [4.69, 9.17) is 4.74 Å². The molecule has 0 saturated heterocycles. The molecule has 1 aromatic heterocycles. The number of methoxy groups -OCH3 is 1. The number of aromatic amines is 1. The van der Waals surface area contributed by atoms with Crippen molar-refractivity contribution in [1.29, 1.82) is 0 Å². The molecule has 0 aliphatic carbocycles. The van der Waals surface area contributed by atoms with E-state index in [0.717, 1.165) is 24.6 Å². The Labute approximate surface area is 149 Å². The van der Waals surface area contributed by atoms with E-state index in [1.54, 1.807) is 24.3 Å². The average Bonchev–Trinajstić information content (AvgIpc) is 2.97.